The monoisotopic (exact) mass is 250 g/mol. The van der Waals surface area contributed by atoms with Crippen LogP contribution in [0.1, 0.15) is 16.4 Å². The first-order chi connectivity index (χ1) is 7.36. The van der Waals surface area contributed by atoms with E-state index in [-0.39, 0.29) is 0 Å². The average Bonchev–Trinajstić information content (AvgIpc) is 2.69. The molecule has 0 aliphatic carbocycles. The summed E-state index contributed by atoms with van der Waals surface area (Å²) in [6, 6.07) is 0. The van der Waals surface area contributed by atoms with E-state index in [0.29, 0.717) is 25.7 Å². The largest absolute Gasteiger partial charge is 0.382 e. The summed E-state index contributed by atoms with van der Waals surface area (Å²) >= 11 is 7.18. The van der Waals surface area contributed by atoms with Gasteiger partial charge in [-0.3, -0.25) is 0 Å². The number of hydrogen-bond donors (Lipinski definition) is 0. The predicted octanol–water partition coefficient (Wildman–Crippen LogP) is 1.87. The highest BCUT2D eigenvalue weighted by molar-refractivity contribution is 7.11. The van der Waals surface area contributed by atoms with Crippen LogP contribution in [0.25, 0.3) is 0 Å². The Balaban J connectivity index is 2.20. The third-order valence-electron chi connectivity index (χ3n) is 1.69. The fourth-order valence-electron chi connectivity index (χ4n) is 0.967. The predicted molar refractivity (Wildman–Crippen MR) is 60.5 cm³/mol. The maximum absolute atomic E-state index is 5.59. The molecule has 0 N–H and O–H groups in total. The molecule has 4 nitrogen and oxygen atoms in total. The molecule has 1 rings (SSSR count). The highest BCUT2D eigenvalue weighted by Crippen LogP contribution is 2.12. The van der Waals surface area contributed by atoms with Gasteiger partial charge in [0.1, 0.15) is 16.6 Å². The van der Waals surface area contributed by atoms with Crippen LogP contribution in [0.4, 0.5) is 0 Å². The second-order valence-electron chi connectivity index (χ2n) is 2.93. The summed E-state index contributed by atoms with van der Waals surface area (Å²) in [4.78, 5) is 0. The number of halogens is 1. The van der Waals surface area contributed by atoms with Crippen molar-refractivity contribution in [2.75, 3.05) is 26.2 Å². The zero-order chi connectivity index (χ0) is 10.9. The molecule has 0 fully saturated rings. The molecule has 15 heavy (non-hydrogen) atoms. The van der Waals surface area contributed by atoms with E-state index < -0.39 is 0 Å². The van der Waals surface area contributed by atoms with Crippen molar-refractivity contribution in [2.45, 2.75) is 19.4 Å². The van der Waals surface area contributed by atoms with Crippen LogP contribution in [0.5, 0.6) is 0 Å². The molecule has 0 atom stereocenters. The van der Waals surface area contributed by atoms with Crippen molar-refractivity contribution in [1.29, 1.82) is 0 Å². The molecule has 0 unspecified atom stereocenters. The van der Waals surface area contributed by atoms with Gasteiger partial charge in [-0.15, -0.1) is 21.8 Å². The number of methoxy groups -OCH3 is 1. The van der Waals surface area contributed by atoms with Crippen LogP contribution >= 0.6 is 22.9 Å². The molecule has 0 aliphatic heterocycles. The molecule has 0 aliphatic rings. The number of hydrogen-bond acceptors (Lipinski definition) is 5. The Kier molecular flexibility index (Phi) is 6.83. The lowest BCUT2D eigenvalue weighted by Crippen LogP contribution is -2.01. The summed E-state index contributed by atoms with van der Waals surface area (Å²) in [5, 5.41) is 10.0. The molecule has 0 bridgehead atoms. The third-order valence-corrected chi connectivity index (χ3v) is 2.91. The molecule has 6 heteroatoms. The van der Waals surface area contributed by atoms with Gasteiger partial charge in [0.25, 0.3) is 0 Å². The van der Waals surface area contributed by atoms with Crippen molar-refractivity contribution in [2.24, 2.45) is 0 Å². The molecule has 0 saturated heterocycles. The van der Waals surface area contributed by atoms with E-state index in [0.717, 1.165) is 22.9 Å². The van der Waals surface area contributed by atoms with Gasteiger partial charge in [-0.05, 0) is 6.42 Å². The van der Waals surface area contributed by atoms with Crippen molar-refractivity contribution in [3.8, 4) is 0 Å². The number of nitrogens with zero attached hydrogens (tertiary/aromatic N) is 2. The molecule has 86 valence electrons. The molecule has 1 heterocycles. The van der Waals surface area contributed by atoms with Crippen molar-refractivity contribution in [3.63, 3.8) is 0 Å². The molecule has 1 aromatic rings. The topological polar surface area (TPSA) is 44.2 Å². The number of aromatic nitrogens is 2. The summed E-state index contributed by atoms with van der Waals surface area (Å²) in [5.74, 6) is 0.666. The zero-order valence-corrected chi connectivity index (χ0v) is 10.3. The minimum atomic E-state index is 0.516. The summed E-state index contributed by atoms with van der Waals surface area (Å²) < 4.78 is 10.2. The molecular formula is C9H15ClN2O2S. The summed E-state index contributed by atoms with van der Waals surface area (Å²) in [5.41, 5.74) is 0. The Hall–Kier alpha value is -0.230. The third kappa shape index (κ3) is 5.41. The first kappa shape index (κ1) is 12.8. The molecule has 0 spiro atoms. The lowest BCUT2D eigenvalue weighted by atomic mass is 10.4. The molecule has 0 amide bonds. The Labute approximate surface area is 98.6 Å². The van der Waals surface area contributed by atoms with Crippen LogP contribution in [-0.2, 0) is 22.5 Å². The van der Waals surface area contributed by atoms with E-state index in [9.17, 15) is 0 Å². The quantitative estimate of drug-likeness (QED) is 0.522. The minimum absolute atomic E-state index is 0.516. The molecule has 0 radical (unpaired) electrons. The number of alkyl halides is 1. The highest BCUT2D eigenvalue weighted by Gasteiger charge is 2.03. The number of aryl methyl sites for hydroxylation is 1. The van der Waals surface area contributed by atoms with Crippen LogP contribution in [0, 0.1) is 0 Å². The van der Waals surface area contributed by atoms with Gasteiger partial charge in [-0.25, -0.2) is 0 Å². The van der Waals surface area contributed by atoms with E-state index >= 15 is 0 Å². The van der Waals surface area contributed by atoms with Crippen molar-refractivity contribution < 1.29 is 9.47 Å². The van der Waals surface area contributed by atoms with Crippen LogP contribution in [-0.4, -0.2) is 36.4 Å². The average molecular weight is 251 g/mol. The Morgan fingerprint density at radius 2 is 2.07 bits per heavy atom. The van der Waals surface area contributed by atoms with Crippen molar-refractivity contribution in [3.05, 3.63) is 10.0 Å². The van der Waals surface area contributed by atoms with Gasteiger partial charge in [0, 0.05) is 19.4 Å². The summed E-state index contributed by atoms with van der Waals surface area (Å²) in [6.07, 6.45) is 1.85. The Bertz CT molecular complexity index is 270. The maximum Gasteiger partial charge on any atom is 0.143 e. The van der Waals surface area contributed by atoms with Crippen molar-refractivity contribution in [1.82, 2.24) is 10.2 Å². The second-order valence-corrected chi connectivity index (χ2v) is 4.45. The Morgan fingerprint density at radius 3 is 2.80 bits per heavy atom. The van der Waals surface area contributed by atoms with Gasteiger partial charge in [-0.2, -0.15) is 0 Å². The maximum atomic E-state index is 5.59. The molecule has 0 saturated carbocycles. The lowest BCUT2D eigenvalue weighted by molar-refractivity contribution is 0.0613. The first-order valence-electron chi connectivity index (χ1n) is 4.80. The molecule has 0 aromatic carbocycles. The summed E-state index contributed by atoms with van der Waals surface area (Å²) in [6.45, 7) is 1.72. The number of rotatable bonds is 8. The standard InChI is InChI=1S/C9H15ClN2O2S/c1-13-5-6-14-7-9-12-11-8(15-9)3-2-4-10/h2-7H2,1H3. The van der Waals surface area contributed by atoms with Gasteiger partial charge in [0.05, 0.1) is 13.2 Å². The SMILES string of the molecule is COCCOCc1nnc(CCCCl)s1. The minimum Gasteiger partial charge on any atom is -0.382 e. The van der Waals surface area contributed by atoms with Gasteiger partial charge < -0.3 is 9.47 Å². The van der Waals surface area contributed by atoms with Crippen molar-refractivity contribution >= 4 is 22.9 Å². The number of ether oxygens (including phenoxy) is 2. The van der Waals surface area contributed by atoms with Gasteiger partial charge >= 0.3 is 0 Å². The van der Waals surface area contributed by atoms with E-state index in [2.05, 4.69) is 10.2 Å². The zero-order valence-electron chi connectivity index (χ0n) is 8.74. The van der Waals surface area contributed by atoms with E-state index in [1.54, 1.807) is 18.4 Å². The smallest absolute Gasteiger partial charge is 0.143 e. The highest BCUT2D eigenvalue weighted by atomic mass is 35.5. The molecular weight excluding hydrogens is 236 g/mol. The van der Waals surface area contributed by atoms with Gasteiger partial charge in [0.15, 0.2) is 0 Å². The van der Waals surface area contributed by atoms with Crippen LogP contribution in [0.3, 0.4) is 0 Å². The van der Waals surface area contributed by atoms with Gasteiger partial charge in [-0.1, -0.05) is 11.3 Å². The normalized spacial score (nSPS) is 10.8. The fraction of sp³-hybridized carbons (Fsp3) is 0.778. The van der Waals surface area contributed by atoms with Crippen LogP contribution in [0.15, 0.2) is 0 Å². The summed E-state index contributed by atoms with van der Waals surface area (Å²) in [7, 11) is 1.65. The van der Waals surface area contributed by atoms with Crippen LogP contribution in [0.2, 0.25) is 0 Å². The van der Waals surface area contributed by atoms with Gasteiger partial charge in [0.2, 0.25) is 0 Å². The molecule has 1 aromatic heterocycles. The Morgan fingerprint density at radius 1 is 1.27 bits per heavy atom. The lowest BCUT2D eigenvalue weighted by Gasteiger charge is -1.98. The first-order valence-corrected chi connectivity index (χ1v) is 6.16. The fourth-order valence-corrected chi connectivity index (χ4v) is 1.93. The van der Waals surface area contributed by atoms with E-state index in [4.69, 9.17) is 21.1 Å². The van der Waals surface area contributed by atoms with Crippen LogP contribution < -0.4 is 0 Å². The van der Waals surface area contributed by atoms with E-state index in [1.165, 1.54) is 0 Å². The van der Waals surface area contributed by atoms with E-state index in [1.807, 2.05) is 0 Å². The second kappa shape index (κ2) is 7.98.